The highest BCUT2D eigenvalue weighted by molar-refractivity contribution is 7.80. The van der Waals surface area contributed by atoms with Gasteiger partial charge in [-0.05, 0) is 62.2 Å². The lowest BCUT2D eigenvalue weighted by Crippen LogP contribution is -2.48. The van der Waals surface area contributed by atoms with E-state index in [2.05, 4.69) is 40.0 Å². The van der Waals surface area contributed by atoms with Crippen LogP contribution in [0.4, 0.5) is 0 Å². The maximum Gasteiger partial charge on any atom is 0.253 e. The summed E-state index contributed by atoms with van der Waals surface area (Å²) in [7, 11) is 0. The van der Waals surface area contributed by atoms with Gasteiger partial charge in [0.1, 0.15) is 0 Å². The number of nitrogens with one attached hydrogen (secondary N) is 2. The summed E-state index contributed by atoms with van der Waals surface area (Å²) in [6, 6.07) is 6.70. The van der Waals surface area contributed by atoms with Gasteiger partial charge in [-0.15, -0.1) is 0 Å². The summed E-state index contributed by atoms with van der Waals surface area (Å²) in [6.07, 6.45) is 6.18. The molecule has 0 spiro atoms. The Kier molecular flexibility index (Phi) is 7.81. The SMILES string of the molecule is Cc1cc(C)c2cc(CN(CCN3CCOCC3)C(=S)NC3CCCCC3)c(=O)[nH]c2c1. The van der Waals surface area contributed by atoms with Crippen molar-refractivity contribution >= 4 is 28.2 Å². The number of aryl methyl sites for hydroxylation is 2. The number of hydrogen-bond donors (Lipinski definition) is 2. The van der Waals surface area contributed by atoms with E-state index >= 15 is 0 Å². The molecule has 32 heavy (non-hydrogen) atoms. The maximum atomic E-state index is 12.9. The average molecular weight is 457 g/mol. The number of rotatable bonds is 6. The van der Waals surface area contributed by atoms with Gasteiger partial charge in [0.15, 0.2) is 5.11 Å². The fourth-order valence-electron chi connectivity index (χ4n) is 4.89. The molecule has 2 heterocycles. The van der Waals surface area contributed by atoms with Gasteiger partial charge in [0.2, 0.25) is 0 Å². The normalized spacial score (nSPS) is 18.1. The Morgan fingerprint density at radius 3 is 2.69 bits per heavy atom. The summed E-state index contributed by atoms with van der Waals surface area (Å²) < 4.78 is 5.49. The van der Waals surface area contributed by atoms with Crippen molar-refractivity contribution in [3.8, 4) is 0 Å². The number of hydrogen-bond acceptors (Lipinski definition) is 4. The molecule has 0 atom stereocenters. The van der Waals surface area contributed by atoms with Gasteiger partial charge in [0.05, 0.1) is 19.8 Å². The van der Waals surface area contributed by atoms with Crippen LogP contribution >= 0.6 is 12.2 Å². The molecule has 0 unspecified atom stereocenters. The first-order chi connectivity index (χ1) is 15.5. The lowest BCUT2D eigenvalue weighted by atomic mass is 9.96. The molecule has 1 saturated heterocycles. The molecular weight excluding hydrogens is 420 g/mol. The van der Waals surface area contributed by atoms with E-state index in [1.807, 2.05) is 12.1 Å². The van der Waals surface area contributed by atoms with E-state index in [4.69, 9.17) is 17.0 Å². The summed E-state index contributed by atoms with van der Waals surface area (Å²) in [5.74, 6) is 0. The number of aromatic nitrogens is 1. The average Bonchev–Trinajstić information content (AvgIpc) is 2.78. The molecule has 1 aliphatic carbocycles. The second kappa shape index (κ2) is 10.8. The Morgan fingerprint density at radius 1 is 1.19 bits per heavy atom. The molecule has 2 aliphatic rings. The quantitative estimate of drug-likeness (QED) is 0.649. The van der Waals surface area contributed by atoms with E-state index in [1.165, 1.54) is 37.7 Å². The van der Waals surface area contributed by atoms with Gasteiger partial charge in [0.25, 0.3) is 5.56 Å². The van der Waals surface area contributed by atoms with Crippen molar-refractivity contribution in [2.45, 2.75) is 58.5 Å². The third kappa shape index (κ3) is 5.88. The summed E-state index contributed by atoms with van der Waals surface area (Å²) >= 11 is 5.86. The van der Waals surface area contributed by atoms with Crippen molar-refractivity contribution in [1.29, 1.82) is 0 Å². The van der Waals surface area contributed by atoms with Crippen LogP contribution in [0.3, 0.4) is 0 Å². The molecule has 2 N–H and O–H groups in total. The molecule has 1 aromatic carbocycles. The third-order valence-corrected chi connectivity index (χ3v) is 7.14. The topological polar surface area (TPSA) is 60.6 Å². The molecular formula is C25H36N4O2S. The first-order valence-corrected chi connectivity index (χ1v) is 12.4. The molecule has 1 aromatic heterocycles. The highest BCUT2D eigenvalue weighted by atomic mass is 32.1. The van der Waals surface area contributed by atoms with Gasteiger partial charge < -0.3 is 19.9 Å². The van der Waals surface area contributed by atoms with Gasteiger partial charge in [-0.1, -0.05) is 25.3 Å². The lowest BCUT2D eigenvalue weighted by molar-refractivity contribution is 0.0356. The molecule has 4 rings (SSSR count). The van der Waals surface area contributed by atoms with Crippen LogP contribution in [0.5, 0.6) is 0 Å². The van der Waals surface area contributed by atoms with Crippen molar-refractivity contribution in [1.82, 2.24) is 20.1 Å². The number of H-pyrrole nitrogens is 1. The van der Waals surface area contributed by atoms with Crippen molar-refractivity contribution in [3.63, 3.8) is 0 Å². The molecule has 2 aromatic rings. The number of morpholine rings is 1. The van der Waals surface area contributed by atoms with E-state index < -0.39 is 0 Å². The zero-order valence-corrected chi connectivity index (χ0v) is 20.2. The lowest BCUT2D eigenvalue weighted by Gasteiger charge is -2.33. The van der Waals surface area contributed by atoms with Crippen molar-refractivity contribution < 1.29 is 4.74 Å². The second-order valence-corrected chi connectivity index (χ2v) is 9.71. The standard InChI is InChI=1S/C25H36N4O2S/c1-18-14-19(2)22-16-20(24(30)27-23(22)15-18)17-29(9-8-28-10-12-31-13-11-28)25(32)26-21-6-4-3-5-7-21/h14-16,21H,3-13,17H2,1-2H3,(H,26,32)(H,27,30). The molecule has 7 heteroatoms. The maximum absolute atomic E-state index is 12.9. The summed E-state index contributed by atoms with van der Waals surface area (Å²) in [5, 5.41) is 5.47. The molecule has 0 amide bonds. The van der Waals surface area contributed by atoms with E-state index in [0.717, 1.165) is 66.5 Å². The number of ether oxygens (including phenoxy) is 1. The molecule has 6 nitrogen and oxygen atoms in total. The first-order valence-electron chi connectivity index (χ1n) is 12.0. The largest absolute Gasteiger partial charge is 0.379 e. The van der Waals surface area contributed by atoms with Crippen LogP contribution in [0.25, 0.3) is 10.9 Å². The molecule has 1 saturated carbocycles. The van der Waals surface area contributed by atoms with Gasteiger partial charge in [0, 0.05) is 48.7 Å². The van der Waals surface area contributed by atoms with E-state index in [-0.39, 0.29) is 5.56 Å². The van der Waals surface area contributed by atoms with Gasteiger partial charge in [-0.25, -0.2) is 0 Å². The Labute approximate surface area is 196 Å². The smallest absolute Gasteiger partial charge is 0.253 e. The van der Waals surface area contributed by atoms with Crippen LogP contribution in [-0.2, 0) is 11.3 Å². The Morgan fingerprint density at radius 2 is 1.94 bits per heavy atom. The number of aromatic amines is 1. The number of thiocarbonyl (C=S) groups is 1. The highest BCUT2D eigenvalue weighted by Crippen LogP contribution is 2.20. The number of nitrogens with zero attached hydrogens (tertiary/aromatic N) is 2. The number of benzene rings is 1. The second-order valence-electron chi connectivity index (χ2n) is 9.33. The monoisotopic (exact) mass is 456 g/mol. The van der Waals surface area contributed by atoms with Crippen LogP contribution in [-0.4, -0.2) is 65.3 Å². The first kappa shape index (κ1) is 23.2. The fourth-order valence-corrected chi connectivity index (χ4v) is 5.21. The summed E-state index contributed by atoms with van der Waals surface area (Å²) in [5.41, 5.74) is 3.97. The van der Waals surface area contributed by atoms with Crippen LogP contribution in [0.2, 0.25) is 0 Å². The van der Waals surface area contributed by atoms with Crippen molar-refractivity contribution in [2.75, 3.05) is 39.4 Å². The van der Waals surface area contributed by atoms with E-state index in [1.54, 1.807) is 0 Å². The van der Waals surface area contributed by atoms with Crippen LogP contribution in [0.1, 0.15) is 48.8 Å². The summed E-state index contributed by atoms with van der Waals surface area (Å²) in [4.78, 5) is 20.6. The minimum atomic E-state index is -0.0284. The van der Waals surface area contributed by atoms with Gasteiger partial charge in [-0.3, -0.25) is 9.69 Å². The summed E-state index contributed by atoms with van der Waals surface area (Å²) in [6.45, 7) is 9.85. The molecule has 0 bridgehead atoms. The zero-order valence-electron chi connectivity index (χ0n) is 19.4. The zero-order chi connectivity index (χ0) is 22.5. The molecule has 2 fully saturated rings. The van der Waals surface area contributed by atoms with E-state index in [9.17, 15) is 4.79 Å². The Bertz CT molecular complexity index is 993. The highest BCUT2D eigenvalue weighted by Gasteiger charge is 2.20. The minimum absolute atomic E-state index is 0.0284. The van der Waals surface area contributed by atoms with Crippen LogP contribution in [0.15, 0.2) is 23.0 Å². The predicted molar refractivity (Wildman–Crippen MR) is 134 cm³/mol. The minimum Gasteiger partial charge on any atom is -0.379 e. The molecule has 1 aliphatic heterocycles. The number of pyridine rings is 1. The van der Waals surface area contributed by atoms with Gasteiger partial charge >= 0.3 is 0 Å². The number of fused-ring (bicyclic) bond motifs is 1. The molecule has 174 valence electrons. The fraction of sp³-hybridized carbons (Fsp3) is 0.600. The Balaban J connectivity index is 1.53. The van der Waals surface area contributed by atoms with Crippen LogP contribution in [0, 0.1) is 13.8 Å². The third-order valence-electron chi connectivity index (χ3n) is 6.76. The Hall–Kier alpha value is -1.96. The van der Waals surface area contributed by atoms with Crippen LogP contribution < -0.4 is 10.9 Å². The van der Waals surface area contributed by atoms with E-state index in [0.29, 0.717) is 12.6 Å². The molecule has 0 radical (unpaired) electrons. The van der Waals surface area contributed by atoms with Crippen molar-refractivity contribution in [2.24, 2.45) is 0 Å². The predicted octanol–water partition coefficient (Wildman–Crippen LogP) is 3.49. The van der Waals surface area contributed by atoms with Crippen molar-refractivity contribution in [3.05, 3.63) is 45.2 Å². The van der Waals surface area contributed by atoms with Gasteiger partial charge in [-0.2, -0.15) is 0 Å².